The van der Waals surface area contributed by atoms with Crippen molar-refractivity contribution in [2.75, 3.05) is 7.05 Å². The van der Waals surface area contributed by atoms with E-state index in [2.05, 4.69) is 0 Å². The van der Waals surface area contributed by atoms with E-state index >= 15 is 0 Å². The lowest BCUT2D eigenvalue weighted by atomic mass is 9.78. The molecule has 0 radical (unpaired) electrons. The third kappa shape index (κ3) is 3.40. The molecule has 1 fully saturated rings. The van der Waals surface area contributed by atoms with Crippen molar-refractivity contribution in [3.05, 3.63) is 35.6 Å². The zero-order valence-corrected chi connectivity index (χ0v) is 12.1. The Balaban J connectivity index is 2.24. The zero-order valence-electron chi connectivity index (χ0n) is 12.1. The van der Waals surface area contributed by atoms with E-state index in [0.29, 0.717) is 18.4 Å². The van der Waals surface area contributed by atoms with Crippen LogP contribution in [-0.2, 0) is 4.79 Å². The summed E-state index contributed by atoms with van der Waals surface area (Å²) < 4.78 is 13.0. The second-order valence-electron chi connectivity index (χ2n) is 5.73. The molecule has 1 saturated carbocycles. The molecule has 0 aliphatic heterocycles. The first-order chi connectivity index (χ1) is 9.94. The Labute approximate surface area is 123 Å². The summed E-state index contributed by atoms with van der Waals surface area (Å²) in [6.07, 6.45) is 4.27. The van der Waals surface area contributed by atoms with Gasteiger partial charge in [-0.1, -0.05) is 19.3 Å². The highest BCUT2D eigenvalue weighted by atomic mass is 19.1. The Morgan fingerprint density at radius 3 is 2.29 bits per heavy atom. The fourth-order valence-corrected chi connectivity index (χ4v) is 3.12. The predicted octanol–water partition coefficient (Wildman–Crippen LogP) is 3.08. The second-order valence-corrected chi connectivity index (χ2v) is 5.73. The number of halogens is 1. The van der Waals surface area contributed by atoms with E-state index in [1.54, 1.807) is 11.9 Å². The van der Waals surface area contributed by atoms with E-state index in [4.69, 9.17) is 0 Å². The highest BCUT2D eigenvalue weighted by Crippen LogP contribution is 2.36. The van der Waals surface area contributed by atoms with Crippen molar-refractivity contribution in [3.63, 3.8) is 0 Å². The number of carbonyl (C=O) groups is 2. The molecule has 2 rings (SSSR count). The number of carboxylic acid groups (broad SMARTS) is 1. The van der Waals surface area contributed by atoms with Crippen molar-refractivity contribution in [3.8, 4) is 0 Å². The van der Waals surface area contributed by atoms with Crippen molar-refractivity contribution in [2.24, 2.45) is 0 Å². The molecule has 1 amide bonds. The van der Waals surface area contributed by atoms with Crippen LogP contribution in [0.1, 0.15) is 48.9 Å². The first kappa shape index (κ1) is 15.5. The average Bonchev–Trinajstić information content (AvgIpc) is 2.47. The summed E-state index contributed by atoms with van der Waals surface area (Å²) in [4.78, 5) is 25.3. The molecular formula is C16H20FNO3. The van der Waals surface area contributed by atoms with Crippen LogP contribution in [0, 0.1) is 5.82 Å². The molecule has 1 aliphatic carbocycles. The van der Waals surface area contributed by atoms with Gasteiger partial charge < -0.3 is 10.0 Å². The molecule has 0 bridgehead atoms. The summed E-state index contributed by atoms with van der Waals surface area (Å²) >= 11 is 0. The molecule has 0 aromatic heterocycles. The minimum atomic E-state index is -0.893. The van der Waals surface area contributed by atoms with Gasteiger partial charge in [-0.2, -0.15) is 0 Å². The molecule has 0 unspecified atom stereocenters. The normalized spacial score (nSPS) is 17.2. The third-order valence-electron chi connectivity index (χ3n) is 4.37. The van der Waals surface area contributed by atoms with E-state index in [1.807, 2.05) is 0 Å². The first-order valence-corrected chi connectivity index (χ1v) is 7.20. The van der Waals surface area contributed by atoms with Crippen molar-refractivity contribution in [1.82, 2.24) is 4.90 Å². The van der Waals surface area contributed by atoms with Crippen LogP contribution in [-0.4, -0.2) is 34.5 Å². The quantitative estimate of drug-likeness (QED) is 0.928. The molecule has 0 spiro atoms. The van der Waals surface area contributed by atoms with E-state index in [0.717, 1.165) is 19.3 Å². The number of aliphatic carboxylic acids is 1. The summed E-state index contributed by atoms with van der Waals surface area (Å²) in [5, 5.41) is 9.18. The largest absolute Gasteiger partial charge is 0.481 e. The molecule has 1 N–H and O–H groups in total. The number of hydrogen-bond acceptors (Lipinski definition) is 2. The van der Waals surface area contributed by atoms with Gasteiger partial charge in [0.15, 0.2) is 0 Å². The van der Waals surface area contributed by atoms with Crippen molar-refractivity contribution in [1.29, 1.82) is 0 Å². The topological polar surface area (TPSA) is 57.6 Å². The number of carboxylic acids is 1. The first-order valence-electron chi connectivity index (χ1n) is 7.20. The summed E-state index contributed by atoms with van der Waals surface area (Å²) in [5.74, 6) is -1.54. The number of nitrogens with zero attached hydrogens (tertiary/aromatic N) is 1. The van der Waals surface area contributed by atoms with E-state index in [-0.39, 0.29) is 12.3 Å². The molecular weight excluding hydrogens is 273 g/mol. The van der Waals surface area contributed by atoms with Gasteiger partial charge in [-0.15, -0.1) is 0 Å². The van der Waals surface area contributed by atoms with Gasteiger partial charge in [0.2, 0.25) is 0 Å². The fraction of sp³-hybridized carbons (Fsp3) is 0.500. The van der Waals surface area contributed by atoms with Crippen LogP contribution in [0.3, 0.4) is 0 Å². The number of benzene rings is 1. The van der Waals surface area contributed by atoms with Crippen LogP contribution in [0.15, 0.2) is 24.3 Å². The van der Waals surface area contributed by atoms with Crippen LogP contribution < -0.4 is 0 Å². The molecule has 1 aromatic carbocycles. The number of carbonyl (C=O) groups excluding carboxylic acids is 1. The van der Waals surface area contributed by atoms with Gasteiger partial charge in [0.1, 0.15) is 5.82 Å². The van der Waals surface area contributed by atoms with Crippen LogP contribution >= 0.6 is 0 Å². The Morgan fingerprint density at radius 2 is 1.76 bits per heavy atom. The van der Waals surface area contributed by atoms with E-state index in [1.165, 1.54) is 24.3 Å². The molecule has 1 aliphatic rings. The van der Waals surface area contributed by atoms with Crippen molar-refractivity contribution >= 4 is 11.9 Å². The minimum Gasteiger partial charge on any atom is -0.481 e. The number of rotatable bonds is 4. The highest BCUT2D eigenvalue weighted by molar-refractivity contribution is 5.94. The lowest BCUT2D eigenvalue weighted by Crippen LogP contribution is -2.52. The summed E-state index contributed by atoms with van der Waals surface area (Å²) in [5.41, 5.74) is -0.246. The van der Waals surface area contributed by atoms with Crippen LogP contribution in [0.25, 0.3) is 0 Å². The predicted molar refractivity (Wildman–Crippen MR) is 76.6 cm³/mol. The molecule has 0 atom stereocenters. The van der Waals surface area contributed by atoms with Gasteiger partial charge in [-0.05, 0) is 37.1 Å². The third-order valence-corrected chi connectivity index (χ3v) is 4.37. The molecule has 0 saturated heterocycles. The van der Waals surface area contributed by atoms with Crippen LogP contribution in [0.5, 0.6) is 0 Å². The molecule has 21 heavy (non-hydrogen) atoms. The molecule has 114 valence electrons. The maximum Gasteiger partial charge on any atom is 0.305 e. The highest BCUT2D eigenvalue weighted by Gasteiger charge is 2.40. The Hall–Kier alpha value is -1.91. The maximum absolute atomic E-state index is 13.0. The lowest BCUT2D eigenvalue weighted by Gasteiger charge is -2.44. The summed E-state index contributed by atoms with van der Waals surface area (Å²) in [6, 6.07) is 5.36. The van der Waals surface area contributed by atoms with Crippen LogP contribution in [0.4, 0.5) is 4.39 Å². The van der Waals surface area contributed by atoms with Gasteiger partial charge in [0, 0.05) is 12.6 Å². The van der Waals surface area contributed by atoms with Gasteiger partial charge in [-0.3, -0.25) is 9.59 Å². The summed E-state index contributed by atoms with van der Waals surface area (Å²) in [7, 11) is 1.65. The van der Waals surface area contributed by atoms with Gasteiger partial charge >= 0.3 is 5.97 Å². The Bertz CT molecular complexity index is 521. The van der Waals surface area contributed by atoms with Gasteiger partial charge in [-0.25, -0.2) is 4.39 Å². The smallest absolute Gasteiger partial charge is 0.305 e. The standard InChI is InChI=1S/C16H20FNO3/c1-18(15(21)12-5-7-13(17)8-6-12)16(11-14(19)20)9-3-2-4-10-16/h5-8H,2-4,9-11H2,1H3,(H,19,20). The second kappa shape index (κ2) is 6.24. The lowest BCUT2D eigenvalue weighted by molar-refractivity contribution is -0.140. The SMILES string of the molecule is CN(C(=O)c1ccc(F)cc1)C1(CC(=O)O)CCCCC1. The van der Waals surface area contributed by atoms with Gasteiger partial charge in [0.05, 0.1) is 12.0 Å². The molecule has 0 heterocycles. The van der Waals surface area contributed by atoms with Crippen molar-refractivity contribution in [2.45, 2.75) is 44.1 Å². The van der Waals surface area contributed by atoms with Gasteiger partial charge in [0.25, 0.3) is 5.91 Å². The van der Waals surface area contributed by atoms with E-state index in [9.17, 15) is 19.1 Å². The van der Waals surface area contributed by atoms with Crippen molar-refractivity contribution < 1.29 is 19.1 Å². The maximum atomic E-state index is 13.0. The average molecular weight is 293 g/mol. The molecule has 5 heteroatoms. The monoisotopic (exact) mass is 293 g/mol. The zero-order chi connectivity index (χ0) is 15.5. The Kier molecular flexibility index (Phi) is 4.60. The molecule has 4 nitrogen and oxygen atoms in total. The summed E-state index contributed by atoms with van der Waals surface area (Å²) in [6.45, 7) is 0. The number of amides is 1. The minimum absolute atomic E-state index is 0.0452. The van der Waals surface area contributed by atoms with Crippen LogP contribution in [0.2, 0.25) is 0 Å². The van der Waals surface area contributed by atoms with E-state index < -0.39 is 17.3 Å². The Morgan fingerprint density at radius 1 is 1.19 bits per heavy atom. The molecule has 1 aromatic rings. The fourth-order valence-electron chi connectivity index (χ4n) is 3.12. The number of hydrogen-bond donors (Lipinski definition) is 1.